The number of nitrogens with one attached hydrogen (secondary N) is 1. The third-order valence-electron chi connectivity index (χ3n) is 2.66. The molecule has 0 atom stereocenters. The highest BCUT2D eigenvalue weighted by atomic mass is 16.2. The molecule has 0 bridgehead atoms. The third-order valence-corrected chi connectivity index (χ3v) is 2.66. The Morgan fingerprint density at radius 2 is 1.33 bits per heavy atom. The Hall–Kier alpha value is -2.42. The predicted molar refractivity (Wildman–Crippen MR) is 68.9 cm³/mol. The van der Waals surface area contributed by atoms with Crippen LogP contribution in [0.15, 0.2) is 60.7 Å². The molecule has 0 unspecified atom stereocenters. The highest BCUT2D eigenvalue weighted by Gasteiger charge is 2.15. The zero-order valence-corrected chi connectivity index (χ0v) is 9.74. The van der Waals surface area contributed by atoms with Gasteiger partial charge in [0, 0.05) is 0 Å². The molecule has 0 fully saturated rings. The molecule has 3 nitrogen and oxygen atoms in total. The Kier molecular flexibility index (Phi) is 3.86. The smallest absolute Gasteiger partial charge is 0.284 e. The molecule has 1 amide bonds. The van der Waals surface area contributed by atoms with E-state index < -0.39 is 5.91 Å². The molecule has 0 spiro atoms. The van der Waals surface area contributed by atoms with Crippen molar-refractivity contribution in [3.63, 3.8) is 0 Å². The minimum atomic E-state index is -0.618. The molecule has 2 aromatic carbocycles. The summed E-state index contributed by atoms with van der Waals surface area (Å²) in [5.41, 5.74) is 1.89. The van der Waals surface area contributed by atoms with Gasteiger partial charge in [-0.15, -0.1) is 0 Å². The normalized spacial score (nSPS) is 10.1. The highest BCUT2D eigenvalue weighted by Crippen LogP contribution is 2.21. The van der Waals surface area contributed by atoms with Crippen LogP contribution in [0.25, 0.3) is 0 Å². The van der Waals surface area contributed by atoms with Crippen LogP contribution in [-0.4, -0.2) is 12.2 Å². The van der Waals surface area contributed by atoms with Crippen LogP contribution in [0.2, 0.25) is 0 Å². The summed E-state index contributed by atoms with van der Waals surface area (Å²) in [7, 11) is 0. The van der Waals surface area contributed by atoms with E-state index in [0.29, 0.717) is 6.29 Å². The van der Waals surface area contributed by atoms with Crippen LogP contribution < -0.4 is 5.32 Å². The van der Waals surface area contributed by atoms with Crippen LogP contribution in [0.1, 0.15) is 17.2 Å². The molecule has 0 aliphatic carbocycles. The van der Waals surface area contributed by atoms with Gasteiger partial charge in [-0.25, -0.2) is 0 Å². The number of aldehydes is 1. The summed E-state index contributed by atoms with van der Waals surface area (Å²) in [5, 5.41) is 2.69. The van der Waals surface area contributed by atoms with Crippen molar-refractivity contribution in [1.82, 2.24) is 5.32 Å². The van der Waals surface area contributed by atoms with Crippen molar-refractivity contribution >= 4 is 12.2 Å². The van der Waals surface area contributed by atoms with Crippen LogP contribution in [-0.2, 0) is 9.59 Å². The van der Waals surface area contributed by atoms with Gasteiger partial charge in [0.05, 0.1) is 6.04 Å². The van der Waals surface area contributed by atoms with E-state index >= 15 is 0 Å². The van der Waals surface area contributed by atoms with Gasteiger partial charge in [0.15, 0.2) is 0 Å². The van der Waals surface area contributed by atoms with Crippen molar-refractivity contribution in [3.05, 3.63) is 71.8 Å². The number of rotatable bonds is 4. The Labute approximate surface area is 105 Å². The number of carbonyl (C=O) groups excluding carboxylic acids is 2. The molecule has 0 saturated heterocycles. The Morgan fingerprint density at radius 3 is 1.72 bits per heavy atom. The molecule has 0 aliphatic heterocycles. The second-order valence-electron chi connectivity index (χ2n) is 3.88. The molecule has 2 rings (SSSR count). The summed E-state index contributed by atoms with van der Waals surface area (Å²) >= 11 is 0. The molecular formula is C15H13NO2. The molecule has 3 heteroatoms. The van der Waals surface area contributed by atoms with Crippen LogP contribution in [0.3, 0.4) is 0 Å². The van der Waals surface area contributed by atoms with E-state index in [9.17, 15) is 9.59 Å². The molecule has 90 valence electrons. The maximum atomic E-state index is 11.3. The number of benzene rings is 2. The van der Waals surface area contributed by atoms with Crippen LogP contribution in [0.4, 0.5) is 0 Å². The van der Waals surface area contributed by atoms with E-state index in [2.05, 4.69) is 5.32 Å². The minimum absolute atomic E-state index is 0.291. The fourth-order valence-corrected chi connectivity index (χ4v) is 1.83. The van der Waals surface area contributed by atoms with Gasteiger partial charge >= 0.3 is 0 Å². The quantitative estimate of drug-likeness (QED) is 0.656. The summed E-state index contributed by atoms with van der Waals surface area (Å²) in [5.74, 6) is -0.618. The maximum Gasteiger partial charge on any atom is 0.284 e. The molecule has 0 saturated carbocycles. The molecule has 18 heavy (non-hydrogen) atoms. The van der Waals surface area contributed by atoms with Crippen molar-refractivity contribution in [2.24, 2.45) is 0 Å². The average molecular weight is 239 g/mol. The summed E-state index contributed by atoms with van der Waals surface area (Å²) in [6.07, 6.45) is 0.291. The fourth-order valence-electron chi connectivity index (χ4n) is 1.83. The van der Waals surface area contributed by atoms with Crippen molar-refractivity contribution in [3.8, 4) is 0 Å². The second kappa shape index (κ2) is 5.77. The molecular weight excluding hydrogens is 226 g/mol. The molecule has 2 aromatic rings. The van der Waals surface area contributed by atoms with Crippen molar-refractivity contribution in [2.75, 3.05) is 0 Å². The predicted octanol–water partition coefficient (Wildman–Crippen LogP) is 2.09. The lowest BCUT2D eigenvalue weighted by Gasteiger charge is -2.18. The second-order valence-corrected chi connectivity index (χ2v) is 3.88. The van der Waals surface area contributed by atoms with E-state index in [-0.39, 0.29) is 6.04 Å². The largest absolute Gasteiger partial charge is 0.339 e. The standard InChI is InChI=1S/C15H13NO2/c17-11-14(18)16-15(12-7-3-1-4-8-12)13-9-5-2-6-10-13/h1-11,15H,(H,16,18). The van der Waals surface area contributed by atoms with Crippen LogP contribution in [0, 0.1) is 0 Å². The Balaban J connectivity index is 2.35. The van der Waals surface area contributed by atoms with Crippen molar-refractivity contribution in [2.45, 2.75) is 6.04 Å². The van der Waals surface area contributed by atoms with Crippen LogP contribution >= 0.6 is 0 Å². The number of hydrogen-bond donors (Lipinski definition) is 1. The van der Waals surface area contributed by atoms with Crippen molar-refractivity contribution < 1.29 is 9.59 Å². The van der Waals surface area contributed by atoms with Gasteiger partial charge in [-0.1, -0.05) is 60.7 Å². The number of carbonyl (C=O) groups is 2. The number of amides is 1. The lowest BCUT2D eigenvalue weighted by Crippen LogP contribution is -2.29. The summed E-state index contributed by atoms with van der Waals surface area (Å²) in [6.45, 7) is 0. The minimum Gasteiger partial charge on any atom is -0.339 e. The maximum absolute atomic E-state index is 11.3. The SMILES string of the molecule is O=CC(=O)NC(c1ccccc1)c1ccccc1. The zero-order chi connectivity index (χ0) is 12.8. The number of hydrogen-bond acceptors (Lipinski definition) is 2. The van der Waals surface area contributed by atoms with Crippen molar-refractivity contribution in [1.29, 1.82) is 0 Å². The van der Waals surface area contributed by atoms with E-state index in [4.69, 9.17) is 0 Å². The molecule has 0 heterocycles. The van der Waals surface area contributed by atoms with Gasteiger partial charge in [-0.05, 0) is 11.1 Å². The first-order chi connectivity index (χ1) is 8.81. The summed E-state index contributed by atoms with van der Waals surface area (Å²) < 4.78 is 0. The zero-order valence-electron chi connectivity index (χ0n) is 9.74. The van der Waals surface area contributed by atoms with Crippen LogP contribution in [0.5, 0.6) is 0 Å². The summed E-state index contributed by atoms with van der Waals surface area (Å²) in [4.78, 5) is 21.8. The van der Waals surface area contributed by atoms with Gasteiger partial charge in [-0.3, -0.25) is 9.59 Å². The monoisotopic (exact) mass is 239 g/mol. The molecule has 0 aromatic heterocycles. The fraction of sp³-hybridized carbons (Fsp3) is 0.0667. The first-order valence-electron chi connectivity index (χ1n) is 5.67. The van der Waals surface area contributed by atoms with E-state index in [1.165, 1.54) is 0 Å². The first-order valence-corrected chi connectivity index (χ1v) is 5.67. The lowest BCUT2D eigenvalue weighted by atomic mass is 9.99. The van der Waals surface area contributed by atoms with Gasteiger partial charge < -0.3 is 5.32 Å². The van der Waals surface area contributed by atoms with E-state index in [1.807, 2.05) is 60.7 Å². The first kappa shape index (κ1) is 12.0. The summed E-state index contributed by atoms with van der Waals surface area (Å²) in [6, 6.07) is 18.8. The van der Waals surface area contributed by atoms with Gasteiger partial charge in [-0.2, -0.15) is 0 Å². The topological polar surface area (TPSA) is 46.2 Å². The lowest BCUT2D eigenvalue weighted by molar-refractivity contribution is -0.131. The molecule has 1 N–H and O–H groups in total. The molecule has 0 aliphatic rings. The Morgan fingerprint density at radius 1 is 0.889 bits per heavy atom. The van der Waals surface area contributed by atoms with E-state index in [0.717, 1.165) is 11.1 Å². The highest BCUT2D eigenvalue weighted by molar-refractivity contribution is 6.23. The third kappa shape index (κ3) is 2.83. The molecule has 0 radical (unpaired) electrons. The Bertz CT molecular complexity index is 483. The van der Waals surface area contributed by atoms with Gasteiger partial charge in [0.2, 0.25) is 6.29 Å². The average Bonchev–Trinajstić information content (AvgIpc) is 2.46. The van der Waals surface area contributed by atoms with Gasteiger partial charge in [0.1, 0.15) is 0 Å². The van der Waals surface area contributed by atoms with E-state index in [1.54, 1.807) is 0 Å². The van der Waals surface area contributed by atoms with Gasteiger partial charge in [0.25, 0.3) is 5.91 Å².